The Morgan fingerprint density at radius 3 is 2.17 bits per heavy atom. The minimum absolute atomic E-state index is 0.0980. The Hall–Kier alpha value is -3.97. The van der Waals surface area contributed by atoms with Crippen LogP contribution in [0.25, 0.3) is 49.2 Å². The van der Waals surface area contributed by atoms with Gasteiger partial charge in [0.1, 0.15) is 11.2 Å². The monoisotopic (exact) mass is 527 g/mol. The number of rotatable bonds is 5. The van der Waals surface area contributed by atoms with Crippen molar-refractivity contribution in [2.24, 2.45) is 0 Å². The zero-order chi connectivity index (χ0) is 24.3. The molecule has 0 aliphatic heterocycles. The molecule has 2 heterocycles. The highest BCUT2D eigenvalue weighted by molar-refractivity contribution is 9.10. The molecule has 4 aromatic carbocycles. The predicted molar refractivity (Wildman–Crippen MR) is 140 cm³/mol. The van der Waals surface area contributed by atoms with Gasteiger partial charge in [0.25, 0.3) is 11.1 Å². The summed E-state index contributed by atoms with van der Waals surface area (Å²) in [7, 11) is 0. The first-order valence-corrected chi connectivity index (χ1v) is 12.0. The maximum atomic E-state index is 13.6. The molecule has 0 amide bonds. The van der Waals surface area contributed by atoms with Crippen molar-refractivity contribution in [3.8, 4) is 5.69 Å². The Kier molecular flexibility index (Phi) is 4.96. The van der Waals surface area contributed by atoms with Crippen LogP contribution in [0.15, 0.2) is 85.2 Å². The van der Waals surface area contributed by atoms with Gasteiger partial charge in [-0.15, -0.1) is 0 Å². The van der Waals surface area contributed by atoms with Crippen LogP contribution in [0.5, 0.6) is 0 Å². The normalized spacial score (nSPS) is 11.8. The molecule has 0 aliphatic rings. The number of aliphatic carboxylic acids is 1. The lowest BCUT2D eigenvalue weighted by Crippen LogP contribution is -2.31. The lowest BCUT2D eigenvalue weighted by molar-refractivity contribution is -0.137. The Labute approximate surface area is 206 Å². The highest BCUT2D eigenvalue weighted by atomic mass is 79.9. The van der Waals surface area contributed by atoms with Gasteiger partial charge in [0.05, 0.1) is 5.69 Å². The van der Waals surface area contributed by atoms with Gasteiger partial charge >= 0.3 is 5.97 Å². The van der Waals surface area contributed by atoms with Gasteiger partial charge in [-0.3, -0.25) is 14.4 Å². The fourth-order valence-corrected chi connectivity index (χ4v) is 5.23. The van der Waals surface area contributed by atoms with E-state index in [1.165, 1.54) is 4.57 Å². The zero-order valence-corrected chi connectivity index (χ0v) is 20.0. The summed E-state index contributed by atoms with van der Waals surface area (Å²) in [5.74, 6) is -0.827. The smallest absolute Gasteiger partial charge is 0.303 e. The van der Waals surface area contributed by atoms with Gasteiger partial charge < -0.3 is 9.52 Å². The maximum Gasteiger partial charge on any atom is 0.303 e. The first kappa shape index (κ1) is 21.6. The van der Waals surface area contributed by atoms with Gasteiger partial charge in [0, 0.05) is 37.8 Å². The van der Waals surface area contributed by atoms with E-state index in [9.17, 15) is 14.4 Å². The fourth-order valence-electron chi connectivity index (χ4n) is 4.87. The van der Waals surface area contributed by atoms with Gasteiger partial charge in [-0.25, -0.2) is 4.57 Å². The summed E-state index contributed by atoms with van der Waals surface area (Å²) in [6, 6.07) is 20.1. The van der Waals surface area contributed by atoms with Crippen molar-refractivity contribution in [2.75, 3.05) is 0 Å². The Morgan fingerprint density at radius 2 is 1.46 bits per heavy atom. The maximum absolute atomic E-state index is 13.6. The van der Waals surface area contributed by atoms with Crippen LogP contribution >= 0.6 is 15.9 Å². The summed E-state index contributed by atoms with van der Waals surface area (Å²) in [4.78, 5) is 37.9. The molecule has 2 aromatic heterocycles. The number of aryl methyl sites for hydroxylation is 1. The van der Waals surface area contributed by atoms with Crippen LogP contribution in [0.2, 0.25) is 0 Å². The molecule has 0 spiro atoms. The van der Waals surface area contributed by atoms with Gasteiger partial charge in [0.15, 0.2) is 0 Å². The van der Waals surface area contributed by atoms with E-state index in [-0.39, 0.29) is 17.5 Å². The van der Waals surface area contributed by atoms with E-state index < -0.39 is 5.97 Å². The van der Waals surface area contributed by atoms with Crippen LogP contribution in [0, 0.1) is 0 Å². The first-order valence-electron chi connectivity index (χ1n) is 11.2. The number of pyridine rings is 1. The highest BCUT2D eigenvalue weighted by Gasteiger charge is 2.19. The molecule has 0 atom stereocenters. The molecule has 35 heavy (non-hydrogen) atoms. The first-order chi connectivity index (χ1) is 16.9. The lowest BCUT2D eigenvalue weighted by Gasteiger charge is -2.14. The summed E-state index contributed by atoms with van der Waals surface area (Å²) in [5, 5.41) is 12.9. The number of aromatic nitrogens is 1. The number of hydrogen-bond acceptors (Lipinski definition) is 4. The van der Waals surface area contributed by atoms with Crippen molar-refractivity contribution < 1.29 is 14.3 Å². The summed E-state index contributed by atoms with van der Waals surface area (Å²) in [6.07, 6.45) is 1.23. The number of carboxylic acids is 1. The van der Waals surface area contributed by atoms with Gasteiger partial charge in [-0.05, 0) is 72.3 Å². The van der Waals surface area contributed by atoms with Crippen LogP contribution in [0.1, 0.15) is 18.4 Å². The number of hydrogen-bond donors (Lipinski definition) is 1. The standard InChI is InChI=1S/C28H18BrNO5/c29-16-6-12-22-21(14-16)18-9-10-19-25-20(11-13-23(35-22)26(18)25)28(34)30(27(19)33)17-7-4-15(5-8-17)2-1-3-24(31)32/h4-14H,1-3H2,(H,31,32). The van der Waals surface area contributed by atoms with E-state index in [4.69, 9.17) is 9.52 Å². The second-order valence-corrected chi connectivity index (χ2v) is 9.54. The van der Waals surface area contributed by atoms with Crippen molar-refractivity contribution >= 4 is 65.4 Å². The number of fused-ring (bicyclic) bond motifs is 2. The van der Waals surface area contributed by atoms with E-state index in [1.807, 2.05) is 36.4 Å². The number of carbonyl (C=O) groups is 1. The third-order valence-corrected chi connectivity index (χ3v) is 6.99. The average molecular weight is 528 g/mol. The lowest BCUT2D eigenvalue weighted by atomic mass is 9.96. The van der Waals surface area contributed by atoms with Crippen LogP contribution in [0.4, 0.5) is 0 Å². The van der Waals surface area contributed by atoms with Crippen LogP contribution in [-0.4, -0.2) is 15.6 Å². The van der Waals surface area contributed by atoms with Crippen LogP contribution in [-0.2, 0) is 11.2 Å². The molecule has 0 saturated carbocycles. The number of nitrogens with zero attached hydrogens (tertiary/aromatic N) is 1. The Balaban J connectivity index is 1.57. The van der Waals surface area contributed by atoms with Crippen molar-refractivity contribution in [3.05, 3.63) is 97.5 Å². The molecule has 1 N–H and O–H groups in total. The molecule has 6 aromatic rings. The van der Waals surface area contributed by atoms with Gasteiger partial charge in [-0.1, -0.05) is 34.1 Å². The van der Waals surface area contributed by atoms with Crippen molar-refractivity contribution in [1.82, 2.24) is 4.57 Å². The second kappa shape index (κ2) is 8.06. The molecule has 172 valence electrons. The minimum Gasteiger partial charge on any atom is -0.481 e. The third kappa shape index (κ3) is 3.42. The molecule has 0 saturated heterocycles. The van der Waals surface area contributed by atoms with Crippen molar-refractivity contribution in [2.45, 2.75) is 19.3 Å². The van der Waals surface area contributed by atoms with Gasteiger partial charge in [-0.2, -0.15) is 0 Å². The number of carboxylic acid groups (broad SMARTS) is 1. The van der Waals surface area contributed by atoms with Crippen molar-refractivity contribution in [1.29, 1.82) is 0 Å². The van der Waals surface area contributed by atoms with E-state index in [0.29, 0.717) is 40.3 Å². The minimum atomic E-state index is -0.827. The highest BCUT2D eigenvalue weighted by Crippen LogP contribution is 2.37. The van der Waals surface area contributed by atoms with Crippen LogP contribution in [0.3, 0.4) is 0 Å². The third-order valence-electron chi connectivity index (χ3n) is 6.49. The van der Waals surface area contributed by atoms with Crippen molar-refractivity contribution in [3.63, 3.8) is 0 Å². The summed E-state index contributed by atoms with van der Waals surface area (Å²) >= 11 is 3.51. The molecule has 0 radical (unpaired) electrons. The SMILES string of the molecule is O=C(O)CCCc1ccc(-n2c(=O)c3ccc4oc5ccc(Br)cc5c5ccc(c2=O)c3c45)cc1. The molecule has 6 rings (SSSR count). The molecule has 0 unspecified atom stereocenters. The summed E-state index contributed by atoms with van der Waals surface area (Å²) < 4.78 is 8.25. The molecule has 0 bridgehead atoms. The zero-order valence-electron chi connectivity index (χ0n) is 18.4. The molecular formula is C28H18BrNO5. The molecule has 0 fully saturated rings. The quantitative estimate of drug-likeness (QED) is 0.219. The van der Waals surface area contributed by atoms with E-state index in [1.54, 1.807) is 30.3 Å². The predicted octanol–water partition coefficient (Wildman–Crippen LogP) is 6.01. The second-order valence-electron chi connectivity index (χ2n) is 8.62. The Morgan fingerprint density at radius 1 is 0.800 bits per heavy atom. The average Bonchev–Trinajstić information content (AvgIpc) is 2.85. The molecule has 7 heteroatoms. The Bertz CT molecular complexity index is 1870. The molecular weight excluding hydrogens is 510 g/mol. The largest absolute Gasteiger partial charge is 0.481 e. The van der Waals surface area contributed by atoms with E-state index >= 15 is 0 Å². The van der Waals surface area contributed by atoms with E-state index in [2.05, 4.69) is 15.9 Å². The number of halogens is 1. The summed E-state index contributed by atoms with van der Waals surface area (Å²) in [5.41, 5.74) is 2.01. The topological polar surface area (TPSA) is 89.5 Å². The van der Waals surface area contributed by atoms with Gasteiger partial charge in [0.2, 0.25) is 0 Å². The van der Waals surface area contributed by atoms with Crippen LogP contribution < -0.4 is 11.1 Å². The molecule has 0 aliphatic carbocycles. The fraction of sp³-hybridized carbons (Fsp3) is 0.107. The molecule has 6 nitrogen and oxygen atoms in total. The van der Waals surface area contributed by atoms with E-state index in [0.717, 1.165) is 31.8 Å². The summed E-state index contributed by atoms with van der Waals surface area (Å²) in [6.45, 7) is 0. The number of benzene rings is 4.